The van der Waals surface area contributed by atoms with E-state index >= 15 is 0 Å². The highest BCUT2D eigenvalue weighted by atomic mass is 16.8. The monoisotopic (exact) mass is 2010 g/mol. The Labute approximate surface area is 775 Å². The van der Waals surface area contributed by atoms with Crippen LogP contribution < -0.4 is 26.6 Å². The molecule has 11 rings (SSSR count). The van der Waals surface area contributed by atoms with Gasteiger partial charge < -0.3 is 279 Å². The lowest BCUT2D eigenvalue weighted by atomic mass is 9.93. The quantitative estimate of drug-likeness (QED) is 0.0277. The van der Waals surface area contributed by atoms with Gasteiger partial charge in [0.15, 0.2) is 69.2 Å². The smallest absolute Gasteiger partial charge is 0.217 e. The molecule has 0 aromatic carbocycles. The zero-order valence-electron chi connectivity index (χ0n) is 73.6. The molecule has 792 valence electrons. The first-order chi connectivity index (χ1) is 64.8. The predicted molar refractivity (Wildman–Crippen MR) is 420 cm³/mol. The van der Waals surface area contributed by atoms with Gasteiger partial charge in [0.05, 0.1) is 72.7 Å². The van der Waals surface area contributed by atoms with Gasteiger partial charge in [0.25, 0.3) is 0 Å². The van der Waals surface area contributed by atoms with Crippen LogP contribution in [0.2, 0.25) is 0 Å². The van der Waals surface area contributed by atoms with E-state index in [0.717, 1.165) is 34.6 Å². The number of carbonyl (C=O) groups is 5. The van der Waals surface area contributed by atoms with Crippen molar-refractivity contribution in [3.05, 3.63) is 0 Å². The molecule has 0 aromatic heterocycles. The Bertz CT molecular complexity index is 3780. The van der Waals surface area contributed by atoms with E-state index in [0.29, 0.717) is 0 Å². The molecule has 35 N–H and O–H groups in total. The standard InChI is InChI=1S/C76H127N5O56/c1-17(91)77-33-44(102)58(26(10-86)119-66(33)116)130-68-35(79-19(3)93)46(104)62(30(14-90)125-68)134-74-57(115)63(135-76-65(52(110)41(99)25(9-85)123-76)137-70-37(81-21(5)95)48(106)61(29(13-89)127-70)133-73-56(114)51(109)40(98)24(8-84)122-73)43(101)32(128-74)16-118-75-64(136-69-36(80-20(4)94)47(105)60(28(12-88)126-69)132-72-55(113)50(108)39(97)23(7-83)121-72)53(111)42(100)31(129-75)15-117-67-34(78-18(2)92)45(103)59(27(11-87)124-67)131-71-54(112)49(107)38(96)22(6-82)120-71/h22-76,82-90,96-116H,6-16H2,1-5H3,(H,77,91)(H,78,92)(H,79,93)(H,80,94)(H,81,95)/t22-,23-,24-,25-,26-,27-,28-,29-,30-,31-,32-,33-,34-,35-,36-,37-,38+,39+,40+,41-,42-,43-,44-,45+,46-,47-,48-,49+,50+,51+,52+,53+,54-,55-,56-,57+,58-,59-,60-,61-,62-,63+,64+,65+,66?,67-,68+,69+,70+,71+,72+,73+,74+,75+,76-/m1/s1. The molecule has 55 atom stereocenters. The zero-order chi connectivity index (χ0) is 101. The first-order valence-corrected chi connectivity index (χ1v) is 43.6. The van der Waals surface area contributed by atoms with Crippen LogP contribution in [0.3, 0.4) is 0 Å². The molecule has 61 heteroatoms. The van der Waals surface area contributed by atoms with Gasteiger partial charge in [0.2, 0.25) is 29.5 Å². The van der Waals surface area contributed by atoms with Crippen molar-refractivity contribution in [1.29, 1.82) is 0 Å². The minimum absolute atomic E-state index is 0.827. The molecular formula is C76H127N5O56. The number of hydrogen-bond acceptors (Lipinski definition) is 56. The summed E-state index contributed by atoms with van der Waals surface area (Å²) in [6.45, 7) is -8.00. The topological polar surface area (TPSA) is 946 Å². The Balaban J connectivity index is 0.964. The summed E-state index contributed by atoms with van der Waals surface area (Å²) in [6, 6.07) is -9.68. The Hall–Kier alpha value is -4.69. The molecule has 61 nitrogen and oxygen atoms in total. The normalized spacial score (nSPS) is 48.9. The van der Waals surface area contributed by atoms with Gasteiger partial charge in [-0.05, 0) is 0 Å². The number of hydrogen-bond donors (Lipinski definition) is 35. The van der Waals surface area contributed by atoms with Gasteiger partial charge in [-0.3, -0.25) is 24.0 Å². The van der Waals surface area contributed by atoms with Crippen molar-refractivity contribution in [3.8, 4) is 0 Å². The highest BCUT2D eigenvalue weighted by Crippen LogP contribution is 2.42. The third kappa shape index (κ3) is 25.2. The molecule has 0 aliphatic carbocycles. The fourth-order valence-corrected chi connectivity index (χ4v) is 17.7. The van der Waals surface area contributed by atoms with Gasteiger partial charge in [0.1, 0.15) is 268 Å². The predicted octanol–water partition coefficient (Wildman–Crippen LogP) is -24.3. The van der Waals surface area contributed by atoms with Gasteiger partial charge in [-0.2, -0.15) is 0 Å². The summed E-state index contributed by atoms with van der Waals surface area (Å²) in [6.07, 6.45) is -108. The van der Waals surface area contributed by atoms with Gasteiger partial charge in [-0.15, -0.1) is 0 Å². The van der Waals surface area contributed by atoms with Gasteiger partial charge in [-0.1, -0.05) is 0 Å². The second kappa shape index (κ2) is 49.5. The first-order valence-electron chi connectivity index (χ1n) is 43.6. The summed E-state index contributed by atoms with van der Waals surface area (Å²) < 4.78 is 126. The fourth-order valence-electron chi connectivity index (χ4n) is 17.7. The van der Waals surface area contributed by atoms with Crippen LogP contribution in [0.25, 0.3) is 0 Å². The number of aliphatic hydroxyl groups excluding tert-OH is 30. The molecule has 11 fully saturated rings. The minimum Gasteiger partial charge on any atom is -0.394 e. The molecular weight excluding hydrogens is 1880 g/mol. The molecule has 1 unspecified atom stereocenters. The Morgan fingerprint density at radius 1 is 0.190 bits per heavy atom. The molecule has 0 spiro atoms. The second-order valence-corrected chi connectivity index (χ2v) is 34.6. The lowest BCUT2D eigenvalue weighted by molar-refractivity contribution is -0.399. The number of rotatable bonds is 36. The van der Waals surface area contributed by atoms with Crippen LogP contribution in [-0.2, 0) is 123 Å². The van der Waals surface area contributed by atoms with E-state index in [1.807, 2.05) is 0 Å². The van der Waals surface area contributed by atoms with E-state index < -0.39 is 440 Å². The maximum Gasteiger partial charge on any atom is 0.217 e. The third-order valence-electron chi connectivity index (χ3n) is 25.0. The van der Waals surface area contributed by atoms with Crippen LogP contribution >= 0.6 is 0 Å². The largest absolute Gasteiger partial charge is 0.394 e. The van der Waals surface area contributed by atoms with Gasteiger partial charge >= 0.3 is 0 Å². The van der Waals surface area contributed by atoms with Crippen LogP contribution in [0.4, 0.5) is 0 Å². The van der Waals surface area contributed by atoms with Crippen LogP contribution in [0.15, 0.2) is 0 Å². The molecule has 0 saturated carbocycles. The maximum absolute atomic E-state index is 13.2. The summed E-state index contributed by atoms with van der Waals surface area (Å²) in [4.78, 5) is 64.8. The van der Waals surface area contributed by atoms with Crippen LogP contribution in [-0.4, -0.2) is 593 Å². The molecule has 5 amide bonds. The highest BCUT2D eigenvalue weighted by molar-refractivity contribution is 5.75. The number of aliphatic hydroxyl groups is 30. The Kier molecular flexibility index (Phi) is 40.7. The van der Waals surface area contributed by atoms with E-state index in [-0.39, 0.29) is 0 Å². The summed E-state index contributed by atoms with van der Waals surface area (Å²) in [7, 11) is 0. The van der Waals surface area contributed by atoms with Crippen LogP contribution in [0.5, 0.6) is 0 Å². The number of ether oxygens (including phenoxy) is 21. The van der Waals surface area contributed by atoms with Crippen LogP contribution in [0.1, 0.15) is 34.6 Å². The van der Waals surface area contributed by atoms with Gasteiger partial charge in [-0.25, -0.2) is 0 Å². The SMILES string of the molecule is CC(=O)N[C@H]1[C@H](O[C@H]2[C@H](O)[C@@H](NC(C)=O)C(O)O[C@@H]2CO)O[C@H](CO)[C@@H](O[C@@H]2O[C@H](CO[C@H]3O[C@H](CO[C@@H]4O[C@H](CO)[C@@H](O[C@@H]5O[C@H](CO)[C@H](O)[C@H](O)[C@H]5O)[C@@H](O)[C@H]4NC(C)=O)[C@@H](O)[C@H](O)[C@@H]3O[C@@H]3O[C@H](CO)[C@@H](O[C@@H]4O[C@H](CO)[C@H](O)[C@H](O)[C@H]4O)[C@H](O)[C@H]3NC(C)=O)[C@@H](O)[C@H](O[C@H]3O[C@H](CO)[C@@H](O)[C@H](O)[C@@H]3O[C@@H]3O[C@H](CO)[C@@H](O[C@@H]4O[C@H](CO)[C@H](O)[C@H](O)[C@H]4O)[C@H](O)[C@H]3NC(C)=O)[C@@H]2O)[C@@H]1O. The molecule has 0 aromatic rings. The molecule has 11 saturated heterocycles. The summed E-state index contributed by atoms with van der Waals surface area (Å²) in [5, 5.41) is 349. The molecule has 137 heavy (non-hydrogen) atoms. The lowest BCUT2D eigenvalue weighted by Gasteiger charge is -2.51. The van der Waals surface area contributed by atoms with Crippen molar-refractivity contribution in [3.63, 3.8) is 0 Å². The Morgan fingerprint density at radius 3 is 0.730 bits per heavy atom. The van der Waals surface area contributed by atoms with Crippen molar-refractivity contribution in [1.82, 2.24) is 26.6 Å². The van der Waals surface area contributed by atoms with E-state index in [9.17, 15) is 177 Å². The van der Waals surface area contributed by atoms with Crippen molar-refractivity contribution in [2.75, 3.05) is 72.7 Å². The molecule has 11 heterocycles. The highest BCUT2D eigenvalue weighted by Gasteiger charge is 2.63. The molecule has 11 aliphatic rings. The number of carbonyl (C=O) groups excluding carboxylic acids is 5. The van der Waals surface area contributed by atoms with E-state index in [1.54, 1.807) is 0 Å². The summed E-state index contributed by atoms with van der Waals surface area (Å²) in [5.41, 5.74) is 0. The fraction of sp³-hybridized carbons (Fsp3) is 0.934. The third-order valence-corrected chi connectivity index (χ3v) is 25.0. The minimum atomic E-state index is -2.70. The summed E-state index contributed by atoms with van der Waals surface area (Å²) >= 11 is 0. The average Bonchev–Trinajstić information content (AvgIpc) is 0.760. The van der Waals surface area contributed by atoms with E-state index in [4.69, 9.17) is 99.5 Å². The summed E-state index contributed by atoms with van der Waals surface area (Å²) in [5.74, 6) is -4.80. The molecule has 0 radical (unpaired) electrons. The molecule has 11 aliphatic heterocycles. The lowest BCUT2D eigenvalue weighted by Crippen LogP contribution is -2.71. The van der Waals surface area contributed by atoms with Crippen molar-refractivity contribution in [2.45, 2.75) is 372 Å². The second-order valence-electron chi connectivity index (χ2n) is 34.6. The first kappa shape index (κ1) is 113. The maximum atomic E-state index is 13.2. The van der Waals surface area contributed by atoms with Crippen molar-refractivity contribution < 1.29 is 277 Å². The van der Waals surface area contributed by atoms with Crippen molar-refractivity contribution >= 4 is 29.5 Å². The van der Waals surface area contributed by atoms with Gasteiger partial charge in [0, 0.05) is 34.6 Å². The van der Waals surface area contributed by atoms with Crippen molar-refractivity contribution in [2.24, 2.45) is 0 Å². The average molecular weight is 2010 g/mol. The van der Waals surface area contributed by atoms with E-state index in [1.165, 1.54) is 0 Å². The number of amides is 5. The van der Waals surface area contributed by atoms with Crippen LogP contribution in [0, 0.1) is 0 Å². The Morgan fingerprint density at radius 2 is 0.401 bits per heavy atom. The van der Waals surface area contributed by atoms with E-state index in [2.05, 4.69) is 26.6 Å². The number of nitrogens with one attached hydrogen (secondary N) is 5. The molecule has 0 bridgehead atoms. The zero-order valence-corrected chi connectivity index (χ0v) is 73.6.